The Bertz CT molecular complexity index is 742. The van der Waals surface area contributed by atoms with Crippen LogP contribution in [0.3, 0.4) is 0 Å². The average molecular weight is 287 g/mol. The van der Waals surface area contributed by atoms with Crippen LogP contribution in [0.5, 0.6) is 0 Å². The van der Waals surface area contributed by atoms with Crippen molar-refractivity contribution in [3.8, 4) is 29.8 Å². The van der Waals surface area contributed by atoms with Crippen LogP contribution >= 0.6 is 0 Å². The maximum atomic E-state index is 8.41. The normalized spacial score (nSPS) is 8.09. The molecule has 0 saturated heterocycles. The van der Waals surface area contributed by atoms with E-state index < -0.39 is 0 Å². The van der Waals surface area contributed by atoms with Gasteiger partial charge in [-0.1, -0.05) is 53.2 Å². The summed E-state index contributed by atoms with van der Waals surface area (Å²) in [5, 5.41) is 16.6. The molecular formula is C20H17NO. The minimum atomic E-state index is -0.0755. The van der Waals surface area contributed by atoms with Crippen LogP contribution in [0.25, 0.3) is 0 Å². The molecule has 2 heteroatoms. The van der Waals surface area contributed by atoms with Crippen molar-refractivity contribution in [1.82, 2.24) is 0 Å². The summed E-state index contributed by atoms with van der Waals surface area (Å²) in [5.41, 5.74) is 4.26. The maximum absolute atomic E-state index is 8.41. The minimum Gasteiger partial charge on any atom is -0.384 e. The van der Waals surface area contributed by atoms with Gasteiger partial charge in [0.15, 0.2) is 6.07 Å². The first kappa shape index (κ1) is 17.1. The highest BCUT2D eigenvalue weighted by Gasteiger charge is 1.84. The van der Waals surface area contributed by atoms with Gasteiger partial charge in [-0.15, -0.1) is 0 Å². The van der Waals surface area contributed by atoms with E-state index in [1.165, 1.54) is 11.1 Å². The minimum absolute atomic E-state index is 0.0755. The van der Waals surface area contributed by atoms with Crippen molar-refractivity contribution in [2.45, 2.75) is 13.8 Å². The lowest BCUT2D eigenvalue weighted by Gasteiger charge is -1.90. The SMILES string of the molecule is Cc1ccc(C#CC#N)cc1.Cc1ccc(C#CCO)cc1. The van der Waals surface area contributed by atoms with Crippen LogP contribution in [0.2, 0.25) is 0 Å². The second-order valence-corrected chi connectivity index (χ2v) is 4.55. The molecule has 22 heavy (non-hydrogen) atoms. The molecule has 0 radical (unpaired) electrons. The monoisotopic (exact) mass is 287 g/mol. The van der Waals surface area contributed by atoms with E-state index >= 15 is 0 Å². The van der Waals surface area contributed by atoms with Gasteiger partial charge in [-0.25, -0.2) is 0 Å². The van der Waals surface area contributed by atoms with Gasteiger partial charge in [0.2, 0.25) is 0 Å². The van der Waals surface area contributed by atoms with Crippen LogP contribution in [0.15, 0.2) is 48.5 Å². The van der Waals surface area contributed by atoms with Gasteiger partial charge < -0.3 is 5.11 Å². The number of hydrogen-bond donors (Lipinski definition) is 1. The third kappa shape index (κ3) is 6.97. The second-order valence-electron chi connectivity index (χ2n) is 4.55. The Labute approximate surface area is 132 Å². The van der Waals surface area contributed by atoms with Gasteiger partial charge in [-0.05, 0) is 38.1 Å². The molecule has 0 heterocycles. The smallest absolute Gasteiger partial charge is 0.152 e. The van der Waals surface area contributed by atoms with E-state index in [-0.39, 0.29) is 6.61 Å². The zero-order valence-corrected chi connectivity index (χ0v) is 12.7. The molecule has 2 rings (SSSR count). The van der Waals surface area contributed by atoms with Crippen molar-refractivity contribution in [3.63, 3.8) is 0 Å². The molecule has 0 aliphatic heterocycles. The summed E-state index contributed by atoms with van der Waals surface area (Å²) in [6.07, 6.45) is 0. The van der Waals surface area contributed by atoms with E-state index in [0.717, 1.165) is 11.1 Å². The van der Waals surface area contributed by atoms with Crippen LogP contribution in [0, 0.1) is 48.9 Å². The van der Waals surface area contributed by atoms with E-state index in [4.69, 9.17) is 10.4 Å². The van der Waals surface area contributed by atoms with Gasteiger partial charge in [-0.2, -0.15) is 5.26 Å². The first-order valence-corrected chi connectivity index (χ1v) is 6.79. The van der Waals surface area contributed by atoms with Crippen LogP contribution in [0.4, 0.5) is 0 Å². The molecule has 0 aliphatic rings. The predicted molar refractivity (Wildman–Crippen MR) is 88.8 cm³/mol. The molecule has 0 bridgehead atoms. The van der Waals surface area contributed by atoms with E-state index in [0.29, 0.717) is 0 Å². The van der Waals surface area contributed by atoms with Crippen LogP contribution in [-0.4, -0.2) is 11.7 Å². The largest absolute Gasteiger partial charge is 0.384 e. The zero-order chi connectivity index (χ0) is 16.2. The molecule has 0 atom stereocenters. The predicted octanol–water partition coefficient (Wildman–Crippen LogP) is 3.21. The number of aryl methyl sites for hydroxylation is 2. The van der Waals surface area contributed by atoms with E-state index in [9.17, 15) is 0 Å². The molecule has 0 saturated carbocycles. The van der Waals surface area contributed by atoms with E-state index in [1.54, 1.807) is 6.07 Å². The third-order valence-corrected chi connectivity index (χ3v) is 2.68. The molecule has 0 fully saturated rings. The molecule has 108 valence electrons. The number of aliphatic hydroxyl groups excluding tert-OH is 1. The Kier molecular flexibility index (Phi) is 7.63. The molecule has 2 aromatic carbocycles. The number of nitrogens with zero attached hydrogens (tertiary/aromatic N) is 1. The summed E-state index contributed by atoms with van der Waals surface area (Å²) in [4.78, 5) is 0. The summed E-state index contributed by atoms with van der Waals surface area (Å²) in [6, 6.07) is 17.4. The maximum Gasteiger partial charge on any atom is 0.152 e. The lowest BCUT2D eigenvalue weighted by atomic mass is 10.2. The Morgan fingerprint density at radius 2 is 1.27 bits per heavy atom. The summed E-state index contributed by atoms with van der Waals surface area (Å²) in [7, 11) is 0. The molecule has 0 amide bonds. The van der Waals surface area contributed by atoms with Crippen molar-refractivity contribution >= 4 is 0 Å². The number of rotatable bonds is 0. The van der Waals surface area contributed by atoms with E-state index in [1.807, 2.05) is 62.4 Å². The number of nitriles is 1. The van der Waals surface area contributed by atoms with Crippen molar-refractivity contribution in [2.24, 2.45) is 0 Å². The van der Waals surface area contributed by atoms with Gasteiger partial charge in [0.25, 0.3) is 0 Å². The zero-order valence-electron chi connectivity index (χ0n) is 12.7. The first-order chi connectivity index (χ1) is 10.7. The Hall–Kier alpha value is -2.99. The van der Waals surface area contributed by atoms with Crippen LogP contribution in [-0.2, 0) is 0 Å². The molecule has 1 N–H and O–H groups in total. The number of benzene rings is 2. The van der Waals surface area contributed by atoms with Crippen molar-refractivity contribution < 1.29 is 5.11 Å². The number of hydrogen-bond acceptors (Lipinski definition) is 2. The molecule has 2 aromatic rings. The third-order valence-electron chi connectivity index (χ3n) is 2.68. The molecule has 0 aliphatic carbocycles. The Morgan fingerprint density at radius 1 is 0.818 bits per heavy atom. The highest BCUT2D eigenvalue weighted by molar-refractivity contribution is 5.38. The van der Waals surface area contributed by atoms with Gasteiger partial charge in [0.1, 0.15) is 6.61 Å². The van der Waals surface area contributed by atoms with Gasteiger partial charge in [0.05, 0.1) is 0 Å². The average Bonchev–Trinajstić information content (AvgIpc) is 2.54. The lowest BCUT2D eigenvalue weighted by molar-refractivity contribution is 0.350. The molecule has 0 aromatic heterocycles. The highest BCUT2D eigenvalue weighted by Crippen LogP contribution is 2.01. The highest BCUT2D eigenvalue weighted by atomic mass is 16.2. The molecular weight excluding hydrogens is 270 g/mol. The Balaban J connectivity index is 0.000000220. The molecule has 2 nitrogen and oxygen atoms in total. The van der Waals surface area contributed by atoms with Crippen molar-refractivity contribution in [1.29, 1.82) is 5.26 Å². The van der Waals surface area contributed by atoms with Crippen molar-refractivity contribution in [2.75, 3.05) is 6.61 Å². The standard InChI is InChI=1S/C10H7N.C10H10O/c2*1-9-4-6-10(7-5-9)3-2-8-11/h4-7H,1H3;4-7,11H,8H2,1H3. The fourth-order valence-corrected chi connectivity index (χ4v) is 1.52. The first-order valence-electron chi connectivity index (χ1n) is 6.79. The summed E-state index contributed by atoms with van der Waals surface area (Å²) < 4.78 is 0. The fraction of sp³-hybridized carbons (Fsp3) is 0.150. The van der Waals surface area contributed by atoms with Crippen LogP contribution < -0.4 is 0 Å². The fourth-order valence-electron chi connectivity index (χ4n) is 1.52. The van der Waals surface area contributed by atoms with Crippen LogP contribution in [0.1, 0.15) is 22.3 Å². The number of aliphatic hydroxyl groups is 1. The molecule has 0 spiro atoms. The van der Waals surface area contributed by atoms with Crippen molar-refractivity contribution in [3.05, 3.63) is 70.8 Å². The second kappa shape index (κ2) is 9.84. The topological polar surface area (TPSA) is 44.0 Å². The van der Waals surface area contributed by atoms with Gasteiger partial charge in [0, 0.05) is 17.0 Å². The summed E-state index contributed by atoms with van der Waals surface area (Å²) in [6.45, 7) is 3.97. The Morgan fingerprint density at radius 3 is 1.68 bits per heavy atom. The summed E-state index contributed by atoms with van der Waals surface area (Å²) >= 11 is 0. The quantitative estimate of drug-likeness (QED) is 0.756. The lowest BCUT2D eigenvalue weighted by Crippen LogP contribution is -1.76. The van der Waals surface area contributed by atoms with Gasteiger partial charge in [-0.3, -0.25) is 0 Å². The summed E-state index contributed by atoms with van der Waals surface area (Å²) in [5.74, 6) is 10.5. The van der Waals surface area contributed by atoms with Gasteiger partial charge >= 0.3 is 0 Å². The van der Waals surface area contributed by atoms with E-state index in [2.05, 4.69) is 23.7 Å². The molecule has 0 unspecified atom stereocenters.